The quantitative estimate of drug-likeness (QED) is 0.279. The van der Waals surface area contributed by atoms with Gasteiger partial charge in [0.2, 0.25) is 0 Å². The number of nitrogen functional groups attached to an aromatic ring is 1. The summed E-state index contributed by atoms with van der Waals surface area (Å²) in [6, 6.07) is 14.6. The van der Waals surface area contributed by atoms with Crippen molar-refractivity contribution >= 4 is 22.9 Å². The monoisotopic (exact) mass is 554 g/mol. The highest BCUT2D eigenvalue weighted by Crippen LogP contribution is 2.40. The van der Waals surface area contributed by atoms with Crippen LogP contribution in [0.2, 0.25) is 0 Å². The van der Waals surface area contributed by atoms with Crippen LogP contribution < -0.4 is 16.6 Å². The van der Waals surface area contributed by atoms with Gasteiger partial charge in [-0.05, 0) is 79.4 Å². The zero-order chi connectivity index (χ0) is 28.7. The first kappa shape index (κ1) is 26.4. The molecular formula is C31H28F2N6O2. The minimum Gasteiger partial charge on any atom is -0.382 e. The van der Waals surface area contributed by atoms with E-state index >= 15 is 4.39 Å². The largest absolute Gasteiger partial charge is 0.382 e. The number of rotatable bonds is 5. The molecule has 3 N–H and O–H groups in total. The molecular weight excluding hydrogens is 526 g/mol. The first-order chi connectivity index (χ1) is 19.8. The predicted octanol–water partition coefficient (Wildman–Crippen LogP) is 5.95. The Balaban J connectivity index is 1.30. The van der Waals surface area contributed by atoms with E-state index in [1.807, 2.05) is 6.07 Å². The average Bonchev–Trinajstić information content (AvgIpc) is 3.35. The van der Waals surface area contributed by atoms with Crippen LogP contribution in [0.15, 0.2) is 78.0 Å². The van der Waals surface area contributed by atoms with E-state index in [0.29, 0.717) is 28.2 Å². The number of aromatic nitrogens is 4. The van der Waals surface area contributed by atoms with Gasteiger partial charge in [-0.3, -0.25) is 14.2 Å². The molecule has 0 aliphatic heterocycles. The number of nitrogens with zero attached hydrogens (tertiary/aromatic N) is 4. The number of carbonyl (C=O) groups excluding carboxylic acids is 1. The molecule has 10 heteroatoms. The Hall–Kier alpha value is -4.86. The summed E-state index contributed by atoms with van der Waals surface area (Å²) in [5.74, 6) is -0.487. The van der Waals surface area contributed by atoms with Crippen molar-refractivity contribution in [2.45, 2.75) is 38.5 Å². The highest BCUT2D eigenvalue weighted by atomic mass is 19.1. The Morgan fingerprint density at radius 3 is 2.49 bits per heavy atom. The van der Waals surface area contributed by atoms with E-state index in [0.717, 1.165) is 31.4 Å². The van der Waals surface area contributed by atoms with E-state index in [1.165, 1.54) is 53.5 Å². The number of pyridine rings is 1. The zero-order valence-corrected chi connectivity index (χ0v) is 22.3. The maximum Gasteiger partial charge on any atom is 0.267 e. The van der Waals surface area contributed by atoms with Crippen LogP contribution in [0.4, 0.5) is 20.3 Å². The van der Waals surface area contributed by atoms with Crippen LogP contribution >= 0.6 is 0 Å². The number of hydrogen-bond donors (Lipinski definition) is 2. The molecule has 0 saturated heterocycles. The third-order valence-electron chi connectivity index (χ3n) is 7.86. The summed E-state index contributed by atoms with van der Waals surface area (Å²) in [7, 11) is 0. The molecule has 0 spiro atoms. The van der Waals surface area contributed by atoms with Gasteiger partial charge in [0, 0.05) is 40.3 Å². The van der Waals surface area contributed by atoms with E-state index in [-0.39, 0.29) is 23.0 Å². The van der Waals surface area contributed by atoms with Gasteiger partial charge >= 0.3 is 0 Å². The normalized spacial score (nSPS) is 17.0. The number of hydrogen-bond acceptors (Lipinski definition) is 5. The number of halogens is 2. The summed E-state index contributed by atoms with van der Waals surface area (Å²) < 4.78 is 31.9. The molecule has 0 bridgehead atoms. The van der Waals surface area contributed by atoms with Crippen LogP contribution in [0, 0.1) is 17.6 Å². The van der Waals surface area contributed by atoms with Gasteiger partial charge in [-0.1, -0.05) is 19.8 Å². The second kappa shape index (κ2) is 10.6. The Morgan fingerprint density at radius 1 is 1.00 bits per heavy atom. The fourth-order valence-corrected chi connectivity index (χ4v) is 5.63. The molecule has 3 aromatic heterocycles. The highest BCUT2D eigenvalue weighted by molar-refractivity contribution is 6.04. The van der Waals surface area contributed by atoms with Crippen LogP contribution in [0.5, 0.6) is 0 Å². The molecule has 41 heavy (non-hydrogen) atoms. The van der Waals surface area contributed by atoms with Crippen LogP contribution in [0.1, 0.15) is 54.6 Å². The van der Waals surface area contributed by atoms with Crippen molar-refractivity contribution in [1.29, 1.82) is 0 Å². The topological polar surface area (TPSA) is 107 Å². The number of amides is 1. The van der Waals surface area contributed by atoms with Gasteiger partial charge in [-0.2, -0.15) is 5.10 Å². The van der Waals surface area contributed by atoms with Gasteiger partial charge in [0.05, 0.1) is 0 Å². The Bertz CT molecular complexity index is 1820. The van der Waals surface area contributed by atoms with Crippen LogP contribution in [-0.4, -0.2) is 25.1 Å². The van der Waals surface area contributed by atoms with Gasteiger partial charge in [-0.15, -0.1) is 0 Å². The van der Waals surface area contributed by atoms with Crippen molar-refractivity contribution in [3.63, 3.8) is 0 Å². The van der Waals surface area contributed by atoms with Crippen LogP contribution in [0.25, 0.3) is 22.3 Å². The molecule has 208 valence electrons. The Labute approximate surface area is 234 Å². The van der Waals surface area contributed by atoms with Crippen molar-refractivity contribution in [3.05, 3.63) is 106 Å². The fraction of sp³-hybridized carbons (Fsp3) is 0.226. The molecule has 2 aromatic carbocycles. The highest BCUT2D eigenvalue weighted by Gasteiger charge is 2.26. The first-order valence-corrected chi connectivity index (χ1v) is 13.5. The maximum atomic E-state index is 15.6. The number of fused-ring (bicyclic) bond motifs is 1. The minimum absolute atomic E-state index is 0.142. The van der Waals surface area contributed by atoms with Crippen molar-refractivity contribution in [3.8, 4) is 16.8 Å². The summed E-state index contributed by atoms with van der Waals surface area (Å²) in [5, 5.41) is 7.05. The zero-order valence-electron chi connectivity index (χ0n) is 22.3. The number of benzene rings is 2. The van der Waals surface area contributed by atoms with Gasteiger partial charge in [0.1, 0.15) is 29.0 Å². The van der Waals surface area contributed by atoms with E-state index in [4.69, 9.17) is 5.73 Å². The Kier molecular flexibility index (Phi) is 6.82. The second-order valence-electron chi connectivity index (χ2n) is 10.6. The molecule has 1 fully saturated rings. The van der Waals surface area contributed by atoms with Gasteiger partial charge in [0.25, 0.3) is 11.5 Å². The third-order valence-corrected chi connectivity index (χ3v) is 7.86. The van der Waals surface area contributed by atoms with Crippen molar-refractivity contribution in [2.24, 2.45) is 5.92 Å². The van der Waals surface area contributed by atoms with E-state index < -0.39 is 23.1 Å². The van der Waals surface area contributed by atoms with Gasteiger partial charge in [-0.25, -0.2) is 18.3 Å². The van der Waals surface area contributed by atoms with Gasteiger partial charge < -0.3 is 11.1 Å². The van der Waals surface area contributed by atoms with E-state index in [9.17, 15) is 14.0 Å². The molecule has 0 radical (unpaired) electrons. The molecule has 0 atom stereocenters. The smallest absolute Gasteiger partial charge is 0.267 e. The molecule has 8 nitrogen and oxygen atoms in total. The standard InChI is InChI=1S/C31H28F2N6O2/c1-18-4-6-19(7-5-18)27-16-25(28-29(34)35-17-36-39(27)28)23-13-10-21(15-26(23)33)37-30(40)24-3-2-14-38(31(24)41)22-11-8-20(32)9-12-22/h2-3,8-19H,4-7H2,1H3,(H,37,40)(H2,34,35,36)/t18-,19-. The lowest BCUT2D eigenvalue weighted by Crippen LogP contribution is -2.27. The average molecular weight is 555 g/mol. The summed E-state index contributed by atoms with van der Waals surface area (Å²) in [6.07, 6.45) is 7.17. The molecule has 1 aliphatic carbocycles. The molecule has 5 aromatic rings. The molecule has 0 unspecified atom stereocenters. The summed E-state index contributed by atoms with van der Waals surface area (Å²) in [5.41, 5.74) is 8.51. The van der Waals surface area contributed by atoms with E-state index in [1.54, 1.807) is 22.7 Å². The van der Waals surface area contributed by atoms with Crippen LogP contribution in [-0.2, 0) is 0 Å². The van der Waals surface area contributed by atoms with Crippen LogP contribution in [0.3, 0.4) is 0 Å². The number of nitrogens with two attached hydrogens (primary N) is 1. The first-order valence-electron chi connectivity index (χ1n) is 13.5. The SMILES string of the molecule is C[C@H]1CC[C@H](c2cc(-c3ccc(NC(=O)c4cccn(-c5ccc(F)cc5)c4=O)cc3F)c3c(N)ncnn32)CC1. The minimum atomic E-state index is -0.695. The molecule has 1 aliphatic rings. The summed E-state index contributed by atoms with van der Waals surface area (Å²) in [6.45, 7) is 2.26. The number of anilines is 2. The lowest BCUT2D eigenvalue weighted by atomic mass is 9.81. The van der Waals surface area contributed by atoms with Crippen molar-refractivity contribution in [1.82, 2.24) is 19.2 Å². The summed E-state index contributed by atoms with van der Waals surface area (Å²) in [4.78, 5) is 30.2. The maximum absolute atomic E-state index is 15.6. The summed E-state index contributed by atoms with van der Waals surface area (Å²) >= 11 is 0. The lowest BCUT2D eigenvalue weighted by Gasteiger charge is -2.25. The van der Waals surface area contributed by atoms with Crippen molar-refractivity contribution < 1.29 is 13.6 Å². The third kappa shape index (κ3) is 4.97. The van der Waals surface area contributed by atoms with Crippen molar-refractivity contribution in [2.75, 3.05) is 11.1 Å². The molecule has 1 saturated carbocycles. The molecule has 1 amide bonds. The fourth-order valence-electron chi connectivity index (χ4n) is 5.63. The van der Waals surface area contributed by atoms with Gasteiger partial charge in [0.15, 0.2) is 5.82 Å². The number of nitrogens with one attached hydrogen (secondary N) is 1. The number of carbonyl (C=O) groups is 1. The molecule has 3 heterocycles. The van der Waals surface area contributed by atoms with E-state index in [2.05, 4.69) is 22.3 Å². The second-order valence-corrected chi connectivity index (χ2v) is 10.6. The molecule has 6 rings (SSSR count). The lowest BCUT2D eigenvalue weighted by molar-refractivity contribution is 0.102. The predicted molar refractivity (Wildman–Crippen MR) is 153 cm³/mol. The Morgan fingerprint density at radius 2 is 1.76 bits per heavy atom.